The Hall–Kier alpha value is 0.666. The molecular formula is C9H4Cl3KO4. The van der Waals surface area contributed by atoms with E-state index in [2.05, 4.69) is 4.74 Å². The summed E-state index contributed by atoms with van der Waals surface area (Å²) in [5, 5.41) is 10.4. The van der Waals surface area contributed by atoms with E-state index in [1.54, 1.807) is 0 Å². The second kappa shape index (κ2) is 7.30. The number of esters is 1. The average molecular weight is 322 g/mol. The van der Waals surface area contributed by atoms with Gasteiger partial charge in [-0.05, 0) is 29.8 Å². The molecule has 8 heteroatoms. The van der Waals surface area contributed by atoms with Crippen LogP contribution in [0.15, 0.2) is 24.3 Å². The molecule has 4 nitrogen and oxygen atoms in total. The number of carbonyl (C=O) groups is 2. The van der Waals surface area contributed by atoms with Gasteiger partial charge >= 0.3 is 57.4 Å². The number of carboxylic acids is 1. The monoisotopic (exact) mass is 320 g/mol. The summed E-state index contributed by atoms with van der Waals surface area (Å²) in [6.07, 6.45) is 0. The summed E-state index contributed by atoms with van der Waals surface area (Å²) >= 11 is 15.8. The molecule has 0 N–H and O–H groups in total. The van der Waals surface area contributed by atoms with E-state index in [0.717, 1.165) is 0 Å². The van der Waals surface area contributed by atoms with Crippen LogP contribution in [-0.2, 0) is 4.79 Å². The van der Waals surface area contributed by atoms with E-state index in [4.69, 9.17) is 34.8 Å². The molecule has 0 saturated carbocycles. The van der Waals surface area contributed by atoms with E-state index in [9.17, 15) is 14.7 Å². The zero-order valence-corrected chi connectivity index (χ0v) is 14.0. The zero-order valence-electron chi connectivity index (χ0n) is 8.58. The summed E-state index contributed by atoms with van der Waals surface area (Å²) in [6, 6.07) is 4.91. The van der Waals surface area contributed by atoms with Crippen LogP contribution in [-0.4, -0.2) is 15.7 Å². The van der Waals surface area contributed by atoms with E-state index in [-0.39, 0.29) is 62.7 Å². The second-order valence-electron chi connectivity index (χ2n) is 2.70. The van der Waals surface area contributed by atoms with E-state index in [0.29, 0.717) is 0 Å². The van der Waals surface area contributed by atoms with E-state index >= 15 is 0 Å². The van der Waals surface area contributed by atoms with Crippen molar-refractivity contribution in [2.75, 3.05) is 0 Å². The fourth-order valence-corrected chi connectivity index (χ4v) is 0.940. The van der Waals surface area contributed by atoms with Gasteiger partial charge in [0.25, 0.3) is 3.79 Å². The number of aromatic carboxylic acids is 1. The van der Waals surface area contributed by atoms with E-state index in [1.807, 2.05) is 0 Å². The SMILES string of the molecule is O=C([O-])c1ccc(OC(=O)C(Cl)(Cl)Cl)cc1.[K+]. The summed E-state index contributed by atoms with van der Waals surface area (Å²) in [5.74, 6) is -2.33. The van der Waals surface area contributed by atoms with Crippen LogP contribution in [0.3, 0.4) is 0 Å². The molecule has 1 rings (SSSR count). The fraction of sp³-hybridized carbons (Fsp3) is 0.111. The number of alkyl halides is 3. The first-order valence-corrected chi connectivity index (χ1v) is 5.04. The zero-order chi connectivity index (χ0) is 12.3. The molecule has 0 bridgehead atoms. The van der Waals surface area contributed by atoms with Gasteiger partial charge in [0, 0.05) is 0 Å². The van der Waals surface area contributed by atoms with Crippen LogP contribution in [0.4, 0.5) is 0 Å². The fourth-order valence-electron chi connectivity index (χ4n) is 0.824. The maximum atomic E-state index is 11.1. The molecule has 0 radical (unpaired) electrons. The molecule has 0 saturated heterocycles. The standard InChI is InChI=1S/C9H5Cl3O4.K/c10-9(11,12)8(15)16-6-3-1-5(2-4-6)7(13)14;/h1-4H,(H,13,14);/q;+1/p-1. The van der Waals surface area contributed by atoms with Crippen LogP contribution in [0.5, 0.6) is 5.75 Å². The molecule has 1 aromatic carbocycles. The van der Waals surface area contributed by atoms with Crippen molar-refractivity contribution in [2.24, 2.45) is 0 Å². The number of benzene rings is 1. The van der Waals surface area contributed by atoms with Crippen LogP contribution in [0.25, 0.3) is 0 Å². The molecule has 0 heterocycles. The van der Waals surface area contributed by atoms with Gasteiger partial charge in [0.2, 0.25) is 0 Å². The second-order valence-corrected chi connectivity index (χ2v) is 4.98. The third-order valence-electron chi connectivity index (χ3n) is 1.53. The maximum absolute atomic E-state index is 11.1. The number of hydrogen-bond acceptors (Lipinski definition) is 4. The predicted molar refractivity (Wildman–Crippen MR) is 56.7 cm³/mol. The largest absolute Gasteiger partial charge is 1.00 e. The Balaban J connectivity index is 0.00000256. The van der Waals surface area contributed by atoms with Crippen molar-refractivity contribution in [3.63, 3.8) is 0 Å². The van der Waals surface area contributed by atoms with Gasteiger partial charge in [-0.15, -0.1) is 0 Å². The van der Waals surface area contributed by atoms with Crippen molar-refractivity contribution in [1.82, 2.24) is 0 Å². The minimum atomic E-state index is -2.17. The molecule has 0 atom stereocenters. The number of rotatable bonds is 2. The van der Waals surface area contributed by atoms with Gasteiger partial charge in [-0.1, -0.05) is 34.8 Å². The van der Waals surface area contributed by atoms with Crippen molar-refractivity contribution >= 4 is 46.7 Å². The summed E-state index contributed by atoms with van der Waals surface area (Å²) in [4.78, 5) is 21.5. The Morgan fingerprint density at radius 3 is 1.94 bits per heavy atom. The Morgan fingerprint density at radius 1 is 1.12 bits per heavy atom. The molecule has 0 aliphatic carbocycles. The summed E-state index contributed by atoms with van der Waals surface area (Å²) in [6.45, 7) is 0. The van der Waals surface area contributed by atoms with Crippen molar-refractivity contribution < 1.29 is 70.8 Å². The minimum Gasteiger partial charge on any atom is -0.545 e. The van der Waals surface area contributed by atoms with Gasteiger partial charge in [0.05, 0.1) is 5.97 Å². The third-order valence-corrected chi connectivity index (χ3v) is 1.99. The normalized spacial score (nSPS) is 10.3. The number of halogens is 3. The number of carbonyl (C=O) groups excluding carboxylic acids is 2. The summed E-state index contributed by atoms with van der Waals surface area (Å²) in [5.41, 5.74) is -0.0475. The molecule has 0 aliphatic heterocycles. The number of carboxylic acid groups (broad SMARTS) is 1. The molecule has 1 aromatic rings. The van der Waals surface area contributed by atoms with Crippen molar-refractivity contribution in [2.45, 2.75) is 3.79 Å². The first kappa shape index (κ1) is 17.7. The molecule has 0 unspecified atom stereocenters. The Labute approximate surface area is 155 Å². The molecule has 17 heavy (non-hydrogen) atoms. The predicted octanol–water partition coefficient (Wildman–Crippen LogP) is -1.67. The maximum Gasteiger partial charge on any atom is 1.00 e. The number of ether oxygens (including phenoxy) is 1. The van der Waals surface area contributed by atoms with Gasteiger partial charge < -0.3 is 14.6 Å². The van der Waals surface area contributed by atoms with E-state index < -0.39 is 15.7 Å². The Morgan fingerprint density at radius 2 is 1.59 bits per heavy atom. The van der Waals surface area contributed by atoms with Gasteiger partial charge in [-0.2, -0.15) is 0 Å². The van der Waals surface area contributed by atoms with Crippen molar-refractivity contribution in [1.29, 1.82) is 0 Å². The smallest absolute Gasteiger partial charge is 0.545 e. The number of hydrogen-bond donors (Lipinski definition) is 0. The molecular weight excluding hydrogens is 318 g/mol. The molecule has 86 valence electrons. The first-order chi connectivity index (χ1) is 7.30. The van der Waals surface area contributed by atoms with Crippen LogP contribution in [0, 0.1) is 0 Å². The summed E-state index contributed by atoms with van der Waals surface area (Å²) in [7, 11) is 0. The van der Waals surface area contributed by atoms with Gasteiger partial charge in [-0.25, -0.2) is 4.79 Å². The van der Waals surface area contributed by atoms with Crippen LogP contribution >= 0.6 is 34.8 Å². The first-order valence-electron chi connectivity index (χ1n) is 3.91. The molecule has 0 spiro atoms. The van der Waals surface area contributed by atoms with E-state index in [1.165, 1.54) is 24.3 Å². The van der Waals surface area contributed by atoms with Crippen molar-refractivity contribution in [3.05, 3.63) is 29.8 Å². The third kappa shape index (κ3) is 5.89. The minimum absolute atomic E-state index is 0. The van der Waals surface area contributed by atoms with Crippen LogP contribution in [0.2, 0.25) is 0 Å². The van der Waals surface area contributed by atoms with Crippen molar-refractivity contribution in [3.8, 4) is 5.75 Å². The van der Waals surface area contributed by atoms with Crippen LogP contribution < -0.4 is 61.2 Å². The molecule has 0 amide bonds. The Kier molecular flexibility index (Phi) is 7.59. The summed E-state index contributed by atoms with van der Waals surface area (Å²) < 4.78 is 2.49. The molecule has 0 aliphatic rings. The quantitative estimate of drug-likeness (QED) is 0.283. The average Bonchev–Trinajstić information content (AvgIpc) is 2.17. The Bertz CT molecular complexity index is 413. The van der Waals surface area contributed by atoms with Crippen LogP contribution in [0.1, 0.15) is 10.4 Å². The van der Waals surface area contributed by atoms with Gasteiger partial charge in [0.15, 0.2) is 0 Å². The molecule has 0 fully saturated rings. The molecule has 0 aromatic heterocycles. The van der Waals surface area contributed by atoms with Gasteiger partial charge in [0.1, 0.15) is 5.75 Å². The van der Waals surface area contributed by atoms with Gasteiger partial charge in [-0.3, -0.25) is 0 Å². The topological polar surface area (TPSA) is 66.4 Å².